The van der Waals surface area contributed by atoms with Crippen LogP contribution in [0.1, 0.15) is 48.1 Å². The molecule has 0 radical (unpaired) electrons. The minimum absolute atomic E-state index is 0.124. The zero-order valence-electron chi connectivity index (χ0n) is 21.5. The Morgan fingerprint density at radius 3 is 2.51 bits per heavy atom. The molecule has 0 spiro atoms. The third-order valence-corrected chi connectivity index (χ3v) is 8.36. The molecule has 0 aliphatic rings. The SMILES string of the molecule is COc1cc(C=Nn2c(C(C)(C)C)nc3ccc(Br)cc3c2=O)c(Br)c(Br)c1OCc1cccc(C(=O)O)c1. The van der Waals surface area contributed by atoms with Crippen molar-refractivity contribution in [2.45, 2.75) is 32.8 Å². The van der Waals surface area contributed by atoms with Gasteiger partial charge in [-0.3, -0.25) is 4.79 Å². The number of carboxylic acid groups (broad SMARTS) is 1. The number of fused-ring (bicyclic) bond motifs is 1. The maximum absolute atomic E-state index is 13.5. The Kier molecular flexibility index (Phi) is 8.63. The van der Waals surface area contributed by atoms with Crippen molar-refractivity contribution < 1.29 is 19.4 Å². The van der Waals surface area contributed by atoms with Crippen LogP contribution in [0.15, 0.2) is 71.8 Å². The third-order valence-electron chi connectivity index (χ3n) is 5.72. The summed E-state index contributed by atoms with van der Waals surface area (Å²) in [5.41, 5.74) is 1.35. The number of benzene rings is 3. The number of aromatic nitrogens is 2. The molecule has 0 saturated carbocycles. The first-order valence-corrected chi connectivity index (χ1v) is 14.1. The van der Waals surface area contributed by atoms with Crippen LogP contribution in [-0.4, -0.2) is 34.1 Å². The van der Waals surface area contributed by atoms with Crippen molar-refractivity contribution in [1.82, 2.24) is 9.66 Å². The van der Waals surface area contributed by atoms with Crippen molar-refractivity contribution in [2.24, 2.45) is 5.10 Å². The van der Waals surface area contributed by atoms with Gasteiger partial charge >= 0.3 is 5.97 Å². The maximum atomic E-state index is 13.5. The first-order valence-electron chi connectivity index (χ1n) is 11.7. The van der Waals surface area contributed by atoms with E-state index in [4.69, 9.17) is 14.5 Å². The molecule has 0 bridgehead atoms. The van der Waals surface area contributed by atoms with E-state index in [0.29, 0.717) is 48.3 Å². The van der Waals surface area contributed by atoms with Crippen LogP contribution in [0.25, 0.3) is 10.9 Å². The molecule has 1 aromatic heterocycles. The second-order valence-electron chi connectivity index (χ2n) is 9.63. The second kappa shape index (κ2) is 11.6. The van der Waals surface area contributed by atoms with Crippen LogP contribution >= 0.6 is 47.8 Å². The quantitative estimate of drug-likeness (QED) is 0.204. The lowest BCUT2D eigenvalue weighted by molar-refractivity contribution is 0.0696. The van der Waals surface area contributed by atoms with Crippen LogP contribution < -0.4 is 15.0 Å². The summed E-state index contributed by atoms with van der Waals surface area (Å²) in [6.07, 6.45) is 1.56. The lowest BCUT2D eigenvalue weighted by Crippen LogP contribution is -2.29. The highest BCUT2D eigenvalue weighted by Crippen LogP contribution is 2.42. The molecule has 0 aliphatic carbocycles. The van der Waals surface area contributed by atoms with Crippen LogP contribution in [0.4, 0.5) is 0 Å². The zero-order chi connectivity index (χ0) is 28.5. The molecule has 0 saturated heterocycles. The average molecular weight is 722 g/mol. The van der Waals surface area contributed by atoms with Gasteiger partial charge in [0.05, 0.1) is 34.3 Å². The largest absolute Gasteiger partial charge is 0.493 e. The molecule has 39 heavy (non-hydrogen) atoms. The Morgan fingerprint density at radius 2 is 1.85 bits per heavy atom. The second-order valence-corrected chi connectivity index (χ2v) is 12.1. The first-order chi connectivity index (χ1) is 18.4. The Hall–Kier alpha value is -3.02. The molecular formula is C28H24Br3N3O5. The smallest absolute Gasteiger partial charge is 0.335 e. The van der Waals surface area contributed by atoms with E-state index in [1.54, 1.807) is 42.6 Å². The number of methoxy groups -OCH3 is 1. The predicted octanol–water partition coefficient (Wildman–Crippen LogP) is 7.15. The molecule has 0 aliphatic heterocycles. The van der Waals surface area contributed by atoms with E-state index < -0.39 is 11.4 Å². The highest BCUT2D eigenvalue weighted by Gasteiger charge is 2.23. The minimum Gasteiger partial charge on any atom is -0.493 e. The van der Waals surface area contributed by atoms with Crippen molar-refractivity contribution in [3.63, 3.8) is 0 Å². The van der Waals surface area contributed by atoms with Crippen molar-refractivity contribution in [3.05, 3.63) is 94.8 Å². The highest BCUT2D eigenvalue weighted by molar-refractivity contribution is 9.13. The number of aromatic carboxylic acids is 1. The molecule has 0 unspecified atom stereocenters. The minimum atomic E-state index is -1.01. The molecule has 8 nitrogen and oxygen atoms in total. The number of halogens is 3. The molecule has 1 heterocycles. The Morgan fingerprint density at radius 1 is 1.10 bits per heavy atom. The van der Waals surface area contributed by atoms with E-state index in [9.17, 15) is 14.7 Å². The van der Waals surface area contributed by atoms with Crippen LogP contribution in [0.2, 0.25) is 0 Å². The Bertz CT molecular complexity index is 1680. The van der Waals surface area contributed by atoms with Gasteiger partial charge in [-0.05, 0) is 73.8 Å². The Balaban J connectivity index is 1.74. The van der Waals surface area contributed by atoms with E-state index in [1.165, 1.54) is 17.9 Å². The number of hydrogen-bond donors (Lipinski definition) is 1. The van der Waals surface area contributed by atoms with Gasteiger partial charge in [0.15, 0.2) is 11.5 Å². The van der Waals surface area contributed by atoms with Gasteiger partial charge in [-0.15, -0.1) is 0 Å². The normalized spacial score (nSPS) is 11.8. The zero-order valence-corrected chi connectivity index (χ0v) is 26.2. The van der Waals surface area contributed by atoms with Crippen molar-refractivity contribution in [2.75, 3.05) is 7.11 Å². The summed E-state index contributed by atoms with van der Waals surface area (Å²) in [7, 11) is 1.52. The number of hydrogen-bond acceptors (Lipinski definition) is 6. The number of rotatable bonds is 7. The number of nitrogens with zero attached hydrogens (tertiary/aromatic N) is 3. The van der Waals surface area contributed by atoms with Gasteiger partial charge in [-0.2, -0.15) is 9.78 Å². The van der Waals surface area contributed by atoms with Gasteiger partial charge in [0, 0.05) is 19.9 Å². The number of ether oxygens (including phenoxy) is 2. The third kappa shape index (κ3) is 6.26. The van der Waals surface area contributed by atoms with E-state index in [2.05, 4.69) is 52.9 Å². The lowest BCUT2D eigenvalue weighted by Gasteiger charge is -2.21. The molecule has 3 aromatic carbocycles. The van der Waals surface area contributed by atoms with Crippen LogP contribution in [0.5, 0.6) is 11.5 Å². The van der Waals surface area contributed by atoms with Gasteiger partial charge in [0.2, 0.25) is 0 Å². The van der Waals surface area contributed by atoms with Crippen LogP contribution in [-0.2, 0) is 12.0 Å². The molecule has 11 heteroatoms. The van der Waals surface area contributed by atoms with Gasteiger partial charge in [-0.25, -0.2) is 9.78 Å². The van der Waals surface area contributed by atoms with Gasteiger partial charge in [-0.1, -0.05) is 48.8 Å². The van der Waals surface area contributed by atoms with Gasteiger partial charge in [0.25, 0.3) is 5.56 Å². The summed E-state index contributed by atoms with van der Waals surface area (Å²) < 4.78 is 14.9. The fraction of sp³-hybridized carbons (Fsp3) is 0.214. The highest BCUT2D eigenvalue weighted by atomic mass is 79.9. The predicted molar refractivity (Wildman–Crippen MR) is 162 cm³/mol. The van der Waals surface area contributed by atoms with Crippen LogP contribution in [0.3, 0.4) is 0 Å². The average Bonchev–Trinajstić information content (AvgIpc) is 2.89. The summed E-state index contributed by atoms with van der Waals surface area (Å²) in [5, 5.41) is 14.2. The van der Waals surface area contributed by atoms with Gasteiger partial charge < -0.3 is 14.6 Å². The molecule has 0 amide bonds. The summed E-state index contributed by atoms with van der Waals surface area (Å²) in [6, 6.07) is 13.6. The van der Waals surface area contributed by atoms with Crippen molar-refractivity contribution in [1.29, 1.82) is 0 Å². The fourth-order valence-corrected chi connectivity index (χ4v) is 5.09. The standard InChI is InChI=1S/C28H24Br3N3O5/c1-28(2,3)27-33-20-9-8-18(29)12-19(20)25(35)34(27)32-13-17-11-21(38-4)24(23(31)22(17)30)39-14-15-6-5-7-16(10-15)26(36)37/h5-13H,14H2,1-4H3,(H,36,37). The molecule has 4 rings (SSSR count). The topological polar surface area (TPSA) is 103 Å². The van der Waals surface area contributed by atoms with Gasteiger partial charge in [0.1, 0.15) is 12.4 Å². The number of carboxylic acids is 1. The van der Waals surface area contributed by atoms with Crippen molar-refractivity contribution in [3.8, 4) is 11.5 Å². The molecule has 4 aromatic rings. The molecule has 0 fully saturated rings. The lowest BCUT2D eigenvalue weighted by atomic mass is 9.95. The summed E-state index contributed by atoms with van der Waals surface area (Å²) in [6.45, 7) is 6.04. The molecule has 202 valence electrons. The van der Waals surface area contributed by atoms with E-state index >= 15 is 0 Å². The first kappa shape index (κ1) is 29.0. The van der Waals surface area contributed by atoms with E-state index in [-0.39, 0.29) is 17.7 Å². The van der Waals surface area contributed by atoms with E-state index in [0.717, 1.165) is 4.47 Å². The molecule has 1 N–H and O–H groups in total. The monoisotopic (exact) mass is 719 g/mol. The Labute approximate surface area is 250 Å². The van der Waals surface area contributed by atoms with Crippen LogP contribution in [0, 0.1) is 0 Å². The molecular weight excluding hydrogens is 698 g/mol. The molecule has 0 atom stereocenters. The van der Waals surface area contributed by atoms with E-state index in [1.807, 2.05) is 26.8 Å². The fourth-order valence-electron chi connectivity index (χ4n) is 3.80. The maximum Gasteiger partial charge on any atom is 0.335 e. The van der Waals surface area contributed by atoms with Crippen molar-refractivity contribution >= 4 is 70.9 Å². The summed E-state index contributed by atoms with van der Waals surface area (Å²) in [4.78, 5) is 29.5. The summed E-state index contributed by atoms with van der Waals surface area (Å²) in [5.74, 6) is 0.353. The number of carbonyl (C=O) groups is 1. The summed E-state index contributed by atoms with van der Waals surface area (Å²) >= 11 is 10.6.